The molecule has 0 radical (unpaired) electrons. The molecule has 0 fully saturated rings. The topological polar surface area (TPSA) is 35.0 Å². The first kappa shape index (κ1) is 14.5. The molecule has 0 N–H and O–H groups in total. The van der Waals surface area contributed by atoms with Gasteiger partial charge in [0.2, 0.25) is 5.88 Å². The van der Waals surface area contributed by atoms with Crippen LogP contribution in [0.5, 0.6) is 5.88 Å². The van der Waals surface area contributed by atoms with Gasteiger partial charge in [0.25, 0.3) is 0 Å². The zero-order valence-corrected chi connectivity index (χ0v) is 13.9. The molecule has 0 saturated heterocycles. The number of halogens is 2. The first-order valence-electron chi connectivity index (χ1n) is 5.85. The molecule has 1 aromatic heterocycles. The molecule has 0 saturated carbocycles. The summed E-state index contributed by atoms with van der Waals surface area (Å²) < 4.78 is 6.22. The van der Waals surface area contributed by atoms with Gasteiger partial charge in [0.1, 0.15) is 6.33 Å². The summed E-state index contributed by atoms with van der Waals surface area (Å²) in [5.74, 6) is 0.592. The summed E-state index contributed by atoms with van der Waals surface area (Å²) in [7, 11) is 1.61. The maximum absolute atomic E-state index is 5.10. The summed E-state index contributed by atoms with van der Waals surface area (Å²) in [6.45, 7) is 2.08. The lowest BCUT2D eigenvalue weighted by Crippen LogP contribution is -2.00. The molecule has 2 rings (SSSR count). The lowest BCUT2D eigenvalue weighted by Gasteiger charge is -2.11. The highest BCUT2D eigenvalue weighted by atomic mass is 79.9. The molecule has 1 atom stereocenters. The van der Waals surface area contributed by atoms with Crippen LogP contribution in [0, 0.1) is 6.92 Å². The average Bonchev–Trinajstić information content (AvgIpc) is 2.42. The van der Waals surface area contributed by atoms with Gasteiger partial charge in [-0.25, -0.2) is 9.97 Å². The van der Waals surface area contributed by atoms with Gasteiger partial charge in [0.15, 0.2) is 0 Å². The first-order chi connectivity index (χ1) is 9.10. The Morgan fingerprint density at radius 1 is 1.26 bits per heavy atom. The second-order valence-corrected chi connectivity index (χ2v) is 6.19. The highest BCUT2D eigenvalue weighted by molar-refractivity contribution is 9.10. The fourth-order valence-corrected chi connectivity index (χ4v) is 2.72. The Hall–Kier alpha value is -0.940. The molecule has 0 aliphatic heterocycles. The second kappa shape index (κ2) is 6.48. The zero-order valence-electron chi connectivity index (χ0n) is 10.7. The largest absolute Gasteiger partial charge is 0.481 e. The van der Waals surface area contributed by atoms with Gasteiger partial charge in [-0.3, -0.25) is 0 Å². The minimum atomic E-state index is 0.212. The molecule has 3 nitrogen and oxygen atoms in total. The summed E-state index contributed by atoms with van der Waals surface area (Å²) in [4.78, 5) is 8.48. The van der Waals surface area contributed by atoms with Gasteiger partial charge in [-0.05, 0) is 24.1 Å². The molecule has 0 amide bonds. The number of methoxy groups -OCH3 is 1. The van der Waals surface area contributed by atoms with E-state index in [1.165, 1.54) is 17.5 Å². The van der Waals surface area contributed by atoms with Crippen molar-refractivity contribution in [3.63, 3.8) is 0 Å². The molecule has 100 valence electrons. The molecule has 1 heterocycles. The van der Waals surface area contributed by atoms with E-state index in [1.54, 1.807) is 7.11 Å². The lowest BCUT2D eigenvalue weighted by molar-refractivity contribution is 0.396. The van der Waals surface area contributed by atoms with Crippen LogP contribution in [0.25, 0.3) is 0 Å². The number of benzene rings is 1. The standard InChI is InChI=1S/C14H14Br2N2O/c1-9-3-4-10(5-12(9)15)13(16)6-11-7-14(19-2)18-8-17-11/h3-5,7-8,13H,6H2,1-2H3. The van der Waals surface area contributed by atoms with E-state index in [1.807, 2.05) is 6.07 Å². The minimum Gasteiger partial charge on any atom is -0.481 e. The van der Waals surface area contributed by atoms with E-state index in [2.05, 4.69) is 67.0 Å². The van der Waals surface area contributed by atoms with Crippen LogP contribution in [0.2, 0.25) is 0 Å². The molecule has 5 heteroatoms. The Bertz CT molecular complexity index is 575. The summed E-state index contributed by atoms with van der Waals surface area (Å²) in [6, 6.07) is 8.22. The summed E-state index contributed by atoms with van der Waals surface area (Å²) in [5.41, 5.74) is 3.40. The van der Waals surface area contributed by atoms with E-state index in [9.17, 15) is 0 Å². The van der Waals surface area contributed by atoms with Crippen molar-refractivity contribution < 1.29 is 4.74 Å². The van der Waals surface area contributed by atoms with E-state index in [0.717, 1.165) is 16.6 Å². The maximum atomic E-state index is 5.10. The number of rotatable bonds is 4. The molecule has 0 aliphatic carbocycles. The third kappa shape index (κ3) is 3.76. The number of aromatic nitrogens is 2. The van der Waals surface area contributed by atoms with Gasteiger partial charge in [0, 0.05) is 27.5 Å². The molecular formula is C14H14Br2N2O. The van der Waals surface area contributed by atoms with E-state index in [4.69, 9.17) is 4.74 Å². The molecule has 1 unspecified atom stereocenters. The maximum Gasteiger partial charge on any atom is 0.216 e. The van der Waals surface area contributed by atoms with Crippen molar-refractivity contribution in [2.45, 2.75) is 18.2 Å². The highest BCUT2D eigenvalue weighted by Crippen LogP contribution is 2.30. The van der Waals surface area contributed by atoms with Gasteiger partial charge < -0.3 is 4.74 Å². The Labute approximate surface area is 129 Å². The Morgan fingerprint density at radius 2 is 2.05 bits per heavy atom. The van der Waals surface area contributed by atoms with Crippen LogP contribution in [-0.4, -0.2) is 17.1 Å². The molecule has 0 bridgehead atoms. The van der Waals surface area contributed by atoms with E-state index >= 15 is 0 Å². The molecule has 19 heavy (non-hydrogen) atoms. The molecule has 2 aromatic rings. The van der Waals surface area contributed by atoms with Crippen molar-refractivity contribution in [1.82, 2.24) is 9.97 Å². The third-order valence-corrected chi connectivity index (χ3v) is 4.56. The van der Waals surface area contributed by atoms with Crippen LogP contribution in [0.3, 0.4) is 0 Å². The van der Waals surface area contributed by atoms with Crippen LogP contribution in [-0.2, 0) is 6.42 Å². The van der Waals surface area contributed by atoms with Crippen molar-refractivity contribution in [2.24, 2.45) is 0 Å². The van der Waals surface area contributed by atoms with Gasteiger partial charge in [-0.1, -0.05) is 44.0 Å². The van der Waals surface area contributed by atoms with Crippen molar-refractivity contribution in [1.29, 1.82) is 0 Å². The van der Waals surface area contributed by atoms with E-state index in [0.29, 0.717) is 5.88 Å². The van der Waals surface area contributed by atoms with Crippen molar-refractivity contribution in [3.05, 3.63) is 51.9 Å². The summed E-state index contributed by atoms with van der Waals surface area (Å²) in [6.07, 6.45) is 2.31. The number of aryl methyl sites for hydroxylation is 1. The van der Waals surface area contributed by atoms with Crippen LogP contribution in [0.4, 0.5) is 0 Å². The number of hydrogen-bond donors (Lipinski definition) is 0. The Morgan fingerprint density at radius 3 is 2.74 bits per heavy atom. The SMILES string of the molecule is COc1cc(CC(Br)c2ccc(C)c(Br)c2)ncn1. The van der Waals surface area contributed by atoms with Gasteiger partial charge in [-0.15, -0.1) is 0 Å². The number of nitrogens with zero attached hydrogens (tertiary/aromatic N) is 2. The average molecular weight is 386 g/mol. The predicted molar refractivity (Wildman–Crippen MR) is 82.8 cm³/mol. The number of hydrogen-bond acceptors (Lipinski definition) is 3. The first-order valence-corrected chi connectivity index (χ1v) is 7.56. The van der Waals surface area contributed by atoms with Crippen molar-refractivity contribution in [3.8, 4) is 5.88 Å². The molecular weight excluding hydrogens is 372 g/mol. The number of ether oxygens (including phenoxy) is 1. The molecule has 0 spiro atoms. The quantitative estimate of drug-likeness (QED) is 0.738. The number of alkyl halides is 1. The Kier molecular flexibility index (Phi) is 4.93. The van der Waals surface area contributed by atoms with Crippen LogP contribution >= 0.6 is 31.9 Å². The van der Waals surface area contributed by atoms with E-state index in [-0.39, 0.29) is 4.83 Å². The van der Waals surface area contributed by atoms with Crippen molar-refractivity contribution >= 4 is 31.9 Å². The monoisotopic (exact) mass is 384 g/mol. The summed E-state index contributed by atoms with van der Waals surface area (Å²) in [5, 5.41) is 0. The van der Waals surface area contributed by atoms with Gasteiger partial charge in [0.05, 0.1) is 7.11 Å². The second-order valence-electron chi connectivity index (χ2n) is 4.23. The summed E-state index contributed by atoms with van der Waals surface area (Å²) >= 11 is 7.26. The fraction of sp³-hybridized carbons (Fsp3) is 0.286. The predicted octanol–water partition coefficient (Wildman–Crippen LogP) is 4.23. The van der Waals surface area contributed by atoms with E-state index < -0.39 is 0 Å². The third-order valence-electron chi connectivity index (χ3n) is 2.85. The minimum absolute atomic E-state index is 0.212. The van der Waals surface area contributed by atoms with Gasteiger partial charge in [-0.2, -0.15) is 0 Å². The van der Waals surface area contributed by atoms with Crippen molar-refractivity contribution in [2.75, 3.05) is 7.11 Å². The van der Waals surface area contributed by atoms with Crippen LogP contribution < -0.4 is 4.74 Å². The van der Waals surface area contributed by atoms with Crippen LogP contribution in [0.15, 0.2) is 35.1 Å². The normalized spacial score (nSPS) is 12.2. The highest BCUT2D eigenvalue weighted by Gasteiger charge is 2.11. The lowest BCUT2D eigenvalue weighted by atomic mass is 10.1. The van der Waals surface area contributed by atoms with Crippen LogP contribution in [0.1, 0.15) is 21.6 Å². The molecule has 0 aliphatic rings. The molecule has 1 aromatic carbocycles. The fourth-order valence-electron chi connectivity index (χ4n) is 1.71. The Balaban J connectivity index is 2.15. The smallest absolute Gasteiger partial charge is 0.216 e. The zero-order chi connectivity index (χ0) is 13.8. The van der Waals surface area contributed by atoms with Gasteiger partial charge >= 0.3 is 0 Å².